The molecule has 0 aliphatic heterocycles. The number of hydrogen-bond acceptors (Lipinski definition) is 3. The zero-order chi connectivity index (χ0) is 14.1. The summed E-state index contributed by atoms with van der Waals surface area (Å²) in [5, 5.41) is 2.84. The Morgan fingerprint density at radius 3 is 2.58 bits per heavy atom. The van der Waals surface area contributed by atoms with Gasteiger partial charge in [0.15, 0.2) is 6.61 Å². The van der Waals surface area contributed by atoms with E-state index < -0.39 is 0 Å². The van der Waals surface area contributed by atoms with E-state index in [1.165, 1.54) is 5.56 Å². The average Bonchev–Trinajstić information content (AvgIpc) is 2.38. The van der Waals surface area contributed by atoms with E-state index in [9.17, 15) is 4.79 Å². The second-order valence-corrected chi connectivity index (χ2v) is 5.00. The summed E-state index contributed by atoms with van der Waals surface area (Å²) in [6, 6.07) is 7.68. The fourth-order valence-electron chi connectivity index (χ4n) is 1.62. The standard InChI is InChI=1S/C15H24N2O2/c1-12(2)8-10-17-15(18)11-19-14-5-3-13(4-6-14)7-9-16/h3-6,12H,7-11,16H2,1-2H3,(H,17,18). The molecule has 1 rings (SSSR count). The van der Waals surface area contributed by atoms with Crippen molar-refractivity contribution in [1.29, 1.82) is 0 Å². The van der Waals surface area contributed by atoms with Crippen molar-refractivity contribution < 1.29 is 9.53 Å². The number of rotatable bonds is 8. The number of hydrogen-bond donors (Lipinski definition) is 2. The Morgan fingerprint density at radius 1 is 1.32 bits per heavy atom. The molecule has 0 fully saturated rings. The molecule has 0 aliphatic rings. The molecule has 0 saturated heterocycles. The smallest absolute Gasteiger partial charge is 0.257 e. The van der Waals surface area contributed by atoms with Crippen LogP contribution in [0.25, 0.3) is 0 Å². The average molecular weight is 264 g/mol. The van der Waals surface area contributed by atoms with Crippen LogP contribution in [0.1, 0.15) is 25.8 Å². The number of amides is 1. The van der Waals surface area contributed by atoms with Gasteiger partial charge < -0.3 is 15.8 Å². The molecule has 0 spiro atoms. The third kappa shape index (κ3) is 6.82. The van der Waals surface area contributed by atoms with E-state index in [4.69, 9.17) is 10.5 Å². The van der Waals surface area contributed by atoms with Crippen molar-refractivity contribution in [3.05, 3.63) is 29.8 Å². The lowest BCUT2D eigenvalue weighted by Gasteiger charge is -2.09. The Hall–Kier alpha value is -1.55. The predicted molar refractivity (Wildman–Crippen MR) is 77.2 cm³/mol. The van der Waals surface area contributed by atoms with Crippen LogP contribution >= 0.6 is 0 Å². The van der Waals surface area contributed by atoms with Crippen molar-refractivity contribution in [2.45, 2.75) is 26.7 Å². The summed E-state index contributed by atoms with van der Waals surface area (Å²) in [5.41, 5.74) is 6.66. The molecular formula is C15H24N2O2. The predicted octanol–water partition coefficient (Wildman–Crippen LogP) is 1.73. The van der Waals surface area contributed by atoms with Gasteiger partial charge in [0.1, 0.15) is 5.75 Å². The van der Waals surface area contributed by atoms with Gasteiger partial charge in [-0.2, -0.15) is 0 Å². The Labute approximate surface area is 115 Å². The minimum atomic E-state index is -0.0771. The molecule has 19 heavy (non-hydrogen) atoms. The van der Waals surface area contributed by atoms with Crippen molar-refractivity contribution in [2.24, 2.45) is 11.7 Å². The SMILES string of the molecule is CC(C)CCNC(=O)COc1ccc(CCN)cc1. The summed E-state index contributed by atoms with van der Waals surface area (Å²) < 4.78 is 5.42. The first kappa shape index (κ1) is 15.5. The largest absolute Gasteiger partial charge is 0.484 e. The van der Waals surface area contributed by atoms with Gasteiger partial charge in [-0.05, 0) is 43.0 Å². The van der Waals surface area contributed by atoms with Gasteiger partial charge in [-0.1, -0.05) is 26.0 Å². The molecule has 0 saturated carbocycles. The van der Waals surface area contributed by atoms with E-state index in [-0.39, 0.29) is 12.5 Å². The van der Waals surface area contributed by atoms with Crippen molar-refractivity contribution in [3.63, 3.8) is 0 Å². The van der Waals surface area contributed by atoms with E-state index in [0.29, 0.717) is 24.8 Å². The highest BCUT2D eigenvalue weighted by Gasteiger charge is 2.03. The van der Waals surface area contributed by atoms with Crippen LogP contribution in [0.15, 0.2) is 24.3 Å². The zero-order valence-electron chi connectivity index (χ0n) is 11.8. The molecule has 0 unspecified atom stereocenters. The van der Waals surface area contributed by atoms with Crippen molar-refractivity contribution in [3.8, 4) is 5.75 Å². The summed E-state index contributed by atoms with van der Waals surface area (Å²) in [7, 11) is 0. The van der Waals surface area contributed by atoms with E-state index >= 15 is 0 Å². The maximum Gasteiger partial charge on any atom is 0.257 e. The Balaban J connectivity index is 2.25. The second-order valence-electron chi connectivity index (χ2n) is 5.00. The highest BCUT2D eigenvalue weighted by atomic mass is 16.5. The van der Waals surface area contributed by atoms with Crippen LogP contribution in [0.3, 0.4) is 0 Å². The van der Waals surface area contributed by atoms with Crippen LogP contribution in [0.2, 0.25) is 0 Å². The molecule has 0 bridgehead atoms. The number of nitrogens with two attached hydrogens (primary N) is 1. The quantitative estimate of drug-likeness (QED) is 0.751. The van der Waals surface area contributed by atoms with Gasteiger partial charge in [0, 0.05) is 6.54 Å². The fraction of sp³-hybridized carbons (Fsp3) is 0.533. The molecule has 0 radical (unpaired) electrons. The van der Waals surface area contributed by atoms with Crippen LogP contribution in [-0.4, -0.2) is 25.6 Å². The van der Waals surface area contributed by atoms with Gasteiger partial charge >= 0.3 is 0 Å². The maximum atomic E-state index is 11.5. The number of carbonyl (C=O) groups excluding carboxylic acids is 1. The van der Waals surface area contributed by atoms with Crippen LogP contribution in [0.4, 0.5) is 0 Å². The first-order valence-corrected chi connectivity index (χ1v) is 6.80. The minimum absolute atomic E-state index is 0.0638. The van der Waals surface area contributed by atoms with Gasteiger partial charge in [0.05, 0.1) is 0 Å². The van der Waals surface area contributed by atoms with Crippen molar-refractivity contribution in [2.75, 3.05) is 19.7 Å². The summed E-state index contributed by atoms with van der Waals surface area (Å²) in [6.45, 7) is 5.67. The molecule has 4 heteroatoms. The molecule has 0 aliphatic carbocycles. The summed E-state index contributed by atoms with van der Waals surface area (Å²) in [4.78, 5) is 11.5. The van der Waals surface area contributed by atoms with Gasteiger partial charge in [-0.15, -0.1) is 0 Å². The Morgan fingerprint density at radius 2 is 2.00 bits per heavy atom. The number of benzene rings is 1. The van der Waals surface area contributed by atoms with E-state index in [0.717, 1.165) is 12.8 Å². The maximum absolute atomic E-state index is 11.5. The van der Waals surface area contributed by atoms with Gasteiger partial charge in [-0.25, -0.2) is 0 Å². The van der Waals surface area contributed by atoms with Crippen molar-refractivity contribution >= 4 is 5.91 Å². The molecule has 1 aromatic carbocycles. The van der Waals surface area contributed by atoms with Crippen LogP contribution < -0.4 is 15.8 Å². The highest BCUT2D eigenvalue weighted by molar-refractivity contribution is 5.77. The van der Waals surface area contributed by atoms with Gasteiger partial charge in [0.2, 0.25) is 0 Å². The molecule has 0 aromatic heterocycles. The monoisotopic (exact) mass is 264 g/mol. The lowest BCUT2D eigenvalue weighted by molar-refractivity contribution is -0.123. The number of nitrogens with one attached hydrogen (secondary N) is 1. The van der Waals surface area contributed by atoms with Crippen LogP contribution in [0, 0.1) is 5.92 Å². The molecule has 0 atom stereocenters. The van der Waals surface area contributed by atoms with E-state index in [1.807, 2.05) is 24.3 Å². The Kier molecular flexibility index (Phi) is 6.97. The molecule has 4 nitrogen and oxygen atoms in total. The lowest BCUT2D eigenvalue weighted by atomic mass is 10.1. The third-order valence-electron chi connectivity index (χ3n) is 2.77. The fourth-order valence-corrected chi connectivity index (χ4v) is 1.62. The first-order chi connectivity index (χ1) is 9.11. The molecule has 3 N–H and O–H groups in total. The molecule has 1 aromatic rings. The molecule has 0 heterocycles. The highest BCUT2D eigenvalue weighted by Crippen LogP contribution is 2.12. The summed E-state index contributed by atoms with van der Waals surface area (Å²) >= 11 is 0. The number of carbonyl (C=O) groups is 1. The van der Waals surface area contributed by atoms with Crippen LogP contribution in [-0.2, 0) is 11.2 Å². The van der Waals surface area contributed by atoms with E-state index in [2.05, 4.69) is 19.2 Å². The number of ether oxygens (including phenoxy) is 1. The Bertz CT molecular complexity index is 374. The summed E-state index contributed by atoms with van der Waals surface area (Å²) in [6.07, 6.45) is 1.84. The first-order valence-electron chi connectivity index (χ1n) is 6.80. The van der Waals surface area contributed by atoms with Gasteiger partial charge in [-0.3, -0.25) is 4.79 Å². The minimum Gasteiger partial charge on any atom is -0.484 e. The normalized spacial score (nSPS) is 10.5. The second kappa shape index (κ2) is 8.53. The zero-order valence-corrected chi connectivity index (χ0v) is 11.8. The lowest BCUT2D eigenvalue weighted by Crippen LogP contribution is -2.30. The topological polar surface area (TPSA) is 64.3 Å². The van der Waals surface area contributed by atoms with E-state index in [1.54, 1.807) is 0 Å². The molecule has 106 valence electrons. The molecular weight excluding hydrogens is 240 g/mol. The third-order valence-corrected chi connectivity index (χ3v) is 2.77. The van der Waals surface area contributed by atoms with Gasteiger partial charge in [0.25, 0.3) is 5.91 Å². The van der Waals surface area contributed by atoms with Crippen molar-refractivity contribution in [1.82, 2.24) is 5.32 Å². The molecule has 1 amide bonds. The van der Waals surface area contributed by atoms with Crippen LogP contribution in [0.5, 0.6) is 5.75 Å². The summed E-state index contributed by atoms with van der Waals surface area (Å²) in [5.74, 6) is 1.22.